The van der Waals surface area contributed by atoms with Crippen LogP contribution in [0, 0.1) is 6.92 Å². The Balaban J connectivity index is 1.69. The first-order valence-electron chi connectivity index (χ1n) is 14.9. The Morgan fingerprint density at radius 2 is 0.878 bits per heavy atom. The van der Waals surface area contributed by atoms with Crippen LogP contribution in [0.3, 0.4) is 0 Å². The fourth-order valence-corrected chi connectivity index (χ4v) is 6.83. The summed E-state index contributed by atoms with van der Waals surface area (Å²) in [6, 6.07) is 39.1. The Bertz CT molecular complexity index is 1890. The second kappa shape index (κ2) is 8.92. The highest BCUT2D eigenvalue weighted by Crippen LogP contribution is 2.58. The summed E-state index contributed by atoms with van der Waals surface area (Å²) in [5, 5.41) is 5.37. The number of hydrogen-bond acceptors (Lipinski definition) is 0. The summed E-state index contributed by atoms with van der Waals surface area (Å²) in [6.07, 6.45) is 0. The highest BCUT2D eigenvalue weighted by atomic mass is 14.3. The zero-order valence-electron chi connectivity index (χ0n) is 25.3. The van der Waals surface area contributed by atoms with Crippen molar-refractivity contribution in [1.82, 2.24) is 0 Å². The molecule has 0 saturated heterocycles. The SMILES string of the molecule is Cc1ccc2c3c(cccc13)-c1c-2c(-c2cccc(C(C)(C)C)c2)c2ccccc2c1-c1cccc(C(C)(C)C)c1. The largest absolute Gasteiger partial charge is 0.0616 e. The number of hydrogen-bond donors (Lipinski definition) is 0. The van der Waals surface area contributed by atoms with Crippen LogP contribution in [-0.2, 0) is 10.8 Å². The highest BCUT2D eigenvalue weighted by molar-refractivity contribution is 6.27. The van der Waals surface area contributed by atoms with E-state index in [0.29, 0.717) is 0 Å². The van der Waals surface area contributed by atoms with Crippen molar-refractivity contribution in [3.8, 4) is 44.5 Å². The predicted octanol–water partition coefficient (Wildman–Crippen LogP) is 11.9. The molecule has 0 radical (unpaired) electrons. The standard InChI is InChI=1S/C41H38/c1-25-21-22-34-37-30(25)19-12-20-33(37)38-35(26-13-10-15-28(23-26)40(2,3)4)31-17-8-9-18-32(31)36(39(34)38)27-14-11-16-29(24-27)41(5,6)7/h8-24H,1-7H3. The van der Waals surface area contributed by atoms with E-state index in [1.807, 2.05) is 0 Å². The maximum atomic E-state index is 2.43. The lowest BCUT2D eigenvalue weighted by Crippen LogP contribution is -2.11. The summed E-state index contributed by atoms with van der Waals surface area (Å²) in [7, 11) is 0. The van der Waals surface area contributed by atoms with E-state index in [4.69, 9.17) is 0 Å². The Morgan fingerprint density at radius 1 is 0.415 bits per heavy atom. The molecule has 0 N–H and O–H groups in total. The normalized spacial score (nSPS) is 12.8. The van der Waals surface area contributed by atoms with E-state index < -0.39 is 0 Å². The van der Waals surface area contributed by atoms with Gasteiger partial charge in [-0.25, -0.2) is 0 Å². The molecule has 0 nitrogen and oxygen atoms in total. The van der Waals surface area contributed by atoms with Crippen molar-refractivity contribution in [1.29, 1.82) is 0 Å². The van der Waals surface area contributed by atoms with Gasteiger partial charge in [-0.2, -0.15) is 0 Å². The van der Waals surface area contributed by atoms with Crippen molar-refractivity contribution in [2.24, 2.45) is 0 Å². The Hall–Kier alpha value is -4.16. The molecule has 6 aromatic rings. The number of aryl methyl sites for hydroxylation is 1. The summed E-state index contributed by atoms with van der Waals surface area (Å²) in [6.45, 7) is 16.1. The van der Waals surface area contributed by atoms with Crippen molar-refractivity contribution >= 4 is 21.5 Å². The molecule has 0 amide bonds. The van der Waals surface area contributed by atoms with Gasteiger partial charge in [0.2, 0.25) is 0 Å². The van der Waals surface area contributed by atoms with Crippen LogP contribution < -0.4 is 0 Å². The zero-order valence-corrected chi connectivity index (χ0v) is 25.3. The summed E-state index contributed by atoms with van der Waals surface area (Å²) in [4.78, 5) is 0. The third-order valence-corrected chi connectivity index (χ3v) is 9.05. The molecule has 0 saturated carbocycles. The van der Waals surface area contributed by atoms with Crippen LogP contribution in [0.5, 0.6) is 0 Å². The molecular weight excluding hydrogens is 492 g/mol. The van der Waals surface area contributed by atoms with Gasteiger partial charge in [-0.1, -0.05) is 145 Å². The first kappa shape index (κ1) is 25.8. The first-order valence-corrected chi connectivity index (χ1v) is 14.9. The molecule has 0 aromatic heterocycles. The van der Waals surface area contributed by atoms with E-state index in [2.05, 4.69) is 152 Å². The average Bonchev–Trinajstić information content (AvgIpc) is 3.27. The lowest BCUT2D eigenvalue weighted by molar-refractivity contribution is 0.590. The van der Waals surface area contributed by atoms with Crippen molar-refractivity contribution in [3.63, 3.8) is 0 Å². The topological polar surface area (TPSA) is 0 Å². The molecule has 1 aliphatic carbocycles. The van der Waals surface area contributed by atoms with Crippen molar-refractivity contribution in [2.45, 2.75) is 59.3 Å². The number of benzene rings is 6. The maximum absolute atomic E-state index is 2.43. The van der Waals surface area contributed by atoms with E-state index >= 15 is 0 Å². The van der Waals surface area contributed by atoms with Crippen LogP contribution in [0.15, 0.2) is 103 Å². The zero-order chi connectivity index (χ0) is 28.7. The summed E-state index contributed by atoms with van der Waals surface area (Å²) in [5.41, 5.74) is 14.9. The van der Waals surface area contributed by atoms with Crippen LogP contribution in [0.2, 0.25) is 0 Å². The van der Waals surface area contributed by atoms with Crippen molar-refractivity contribution < 1.29 is 0 Å². The minimum Gasteiger partial charge on any atom is -0.0616 e. The van der Waals surface area contributed by atoms with Crippen LogP contribution in [0.1, 0.15) is 58.2 Å². The third-order valence-electron chi connectivity index (χ3n) is 9.05. The molecule has 0 aliphatic heterocycles. The van der Waals surface area contributed by atoms with Crippen molar-refractivity contribution in [3.05, 3.63) is 120 Å². The maximum Gasteiger partial charge on any atom is -0.000741 e. The van der Waals surface area contributed by atoms with E-state index in [0.717, 1.165) is 0 Å². The molecule has 0 fully saturated rings. The van der Waals surface area contributed by atoms with Gasteiger partial charge < -0.3 is 0 Å². The molecular formula is C41H38. The Labute approximate surface area is 244 Å². The lowest BCUT2D eigenvalue weighted by Gasteiger charge is -2.24. The van der Waals surface area contributed by atoms with Crippen LogP contribution in [0.25, 0.3) is 66.1 Å². The van der Waals surface area contributed by atoms with Gasteiger partial charge in [0.25, 0.3) is 0 Å². The smallest absolute Gasteiger partial charge is 0.000741 e. The number of fused-ring (bicyclic) bond motifs is 4. The van der Waals surface area contributed by atoms with Gasteiger partial charge in [-0.3, -0.25) is 0 Å². The first-order chi connectivity index (χ1) is 19.5. The summed E-state index contributed by atoms with van der Waals surface area (Å²) in [5.74, 6) is 0. The molecule has 0 atom stereocenters. The van der Waals surface area contributed by atoms with Crippen molar-refractivity contribution in [2.75, 3.05) is 0 Å². The summed E-state index contributed by atoms with van der Waals surface area (Å²) >= 11 is 0. The predicted molar refractivity (Wildman–Crippen MR) is 179 cm³/mol. The van der Waals surface area contributed by atoms with Gasteiger partial charge >= 0.3 is 0 Å². The molecule has 6 aromatic carbocycles. The van der Waals surface area contributed by atoms with Gasteiger partial charge in [0.1, 0.15) is 0 Å². The van der Waals surface area contributed by atoms with E-state index in [1.165, 1.54) is 82.7 Å². The fourth-order valence-electron chi connectivity index (χ4n) is 6.83. The molecule has 7 rings (SSSR count). The monoisotopic (exact) mass is 530 g/mol. The van der Waals surface area contributed by atoms with Gasteiger partial charge in [-0.15, -0.1) is 0 Å². The molecule has 0 heterocycles. The van der Waals surface area contributed by atoms with Crippen LogP contribution in [0.4, 0.5) is 0 Å². The van der Waals surface area contributed by atoms with Gasteiger partial charge in [-0.05, 0) is 100 Å². The minimum absolute atomic E-state index is 0.0718. The van der Waals surface area contributed by atoms with E-state index in [1.54, 1.807) is 0 Å². The quantitative estimate of drug-likeness (QED) is 0.208. The number of rotatable bonds is 2. The second-order valence-corrected chi connectivity index (χ2v) is 13.9. The Morgan fingerprint density at radius 3 is 1.39 bits per heavy atom. The van der Waals surface area contributed by atoms with Gasteiger partial charge in [0, 0.05) is 0 Å². The van der Waals surface area contributed by atoms with Crippen LogP contribution in [-0.4, -0.2) is 0 Å². The lowest BCUT2D eigenvalue weighted by atomic mass is 9.79. The molecule has 0 spiro atoms. The Kier molecular flexibility index (Phi) is 5.61. The van der Waals surface area contributed by atoms with Gasteiger partial charge in [0.15, 0.2) is 0 Å². The molecule has 0 unspecified atom stereocenters. The average molecular weight is 531 g/mol. The molecule has 0 heteroatoms. The van der Waals surface area contributed by atoms with Gasteiger partial charge in [0.05, 0.1) is 0 Å². The summed E-state index contributed by atoms with van der Waals surface area (Å²) < 4.78 is 0. The molecule has 0 bridgehead atoms. The molecule has 41 heavy (non-hydrogen) atoms. The van der Waals surface area contributed by atoms with E-state index in [-0.39, 0.29) is 10.8 Å². The molecule has 1 aliphatic rings. The third kappa shape index (κ3) is 3.96. The second-order valence-electron chi connectivity index (χ2n) is 13.9. The minimum atomic E-state index is 0.0718. The van der Waals surface area contributed by atoms with Crippen LogP contribution >= 0.6 is 0 Å². The highest BCUT2D eigenvalue weighted by Gasteiger charge is 2.31. The molecule has 202 valence electrons. The fraction of sp³-hybridized carbons (Fsp3) is 0.220. The van der Waals surface area contributed by atoms with E-state index in [9.17, 15) is 0 Å².